The van der Waals surface area contributed by atoms with E-state index in [1.54, 1.807) is 36.4 Å². The van der Waals surface area contributed by atoms with Crippen molar-refractivity contribution in [3.05, 3.63) is 77.4 Å². The molecule has 0 radical (unpaired) electrons. The van der Waals surface area contributed by atoms with Crippen LogP contribution in [0.2, 0.25) is 0 Å². The first-order valence-electron chi connectivity index (χ1n) is 14.8. The molecule has 3 aromatic carbocycles. The van der Waals surface area contributed by atoms with Gasteiger partial charge in [-0.3, -0.25) is 0 Å². The van der Waals surface area contributed by atoms with Gasteiger partial charge in [-0.1, -0.05) is 88.8 Å². The summed E-state index contributed by atoms with van der Waals surface area (Å²) in [5, 5.41) is 0. The SMILES string of the molecule is CCCCCCCCOc1ccc(-c2ccc(-c3ccc(C4CCC(CCC)CO4)c(F)c3F)cc2)c(F)c1F. The Kier molecular flexibility index (Phi) is 11.0. The van der Waals surface area contributed by atoms with E-state index < -0.39 is 29.4 Å². The van der Waals surface area contributed by atoms with Crippen molar-refractivity contribution in [1.82, 2.24) is 0 Å². The largest absolute Gasteiger partial charge is 0.490 e. The fraction of sp³-hybridized carbons (Fsp3) is 0.471. The monoisotopic (exact) mass is 556 g/mol. The molecule has 1 aliphatic rings. The highest BCUT2D eigenvalue weighted by Gasteiger charge is 2.27. The molecule has 6 heteroatoms. The lowest BCUT2D eigenvalue weighted by Gasteiger charge is -2.29. The van der Waals surface area contributed by atoms with Gasteiger partial charge in [-0.05, 0) is 54.9 Å². The third-order valence-electron chi connectivity index (χ3n) is 7.84. The molecule has 3 aromatic rings. The van der Waals surface area contributed by atoms with E-state index >= 15 is 8.78 Å². The minimum absolute atomic E-state index is 0.0776. The van der Waals surface area contributed by atoms with Crippen molar-refractivity contribution < 1.29 is 27.0 Å². The Morgan fingerprint density at radius 2 is 1.30 bits per heavy atom. The van der Waals surface area contributed by atoms with Crippen LogP contribution < -0.4 is 4.74 Å². The second-order valence-corrected chi connectivity index (χ2v) is 10.8. The summed E-state index contributed by atoms with van der Waals surface area (Å²) in [5.74, 6) is -3.49. The summed E-state index contributed by atoms with van der Waals surface area (Å²) in [7, 11) is 0. The molecule has 0 spiro atoms. The van der Waals surface area contributed by atoms with Crippen molar-refractivity contribution in [3.63, 3.8) is 0 Å². The summed E-state index contributed by atoms with van der Waals surface area (Å²) < 4.78 is 71.2. The third kappa shape index (κ3) is 7.25. The maximum atomic E-state index is 15.1. The Morgan fingerprint density at radius 3 is 1.93 bits per heavy atom. The van der Waals surface area contributed by atoms with Crippen LogP contribution in [0.4, 0.5) is 17.6 Å². The number of hydrogen-bond donors (Lipinski definition) is 0. The lowest BCUT2D eigenvalue weighted by atomic mass is 9.90. The van der Waals surface area contributed by atoms with Gasteiger partial charge in [0.05, 0.1) is 19.3 Å². The lowest BCUT2D eigenvalue weighted by Crippen LogP contribution is -2.21. The van der Waals surface area contributed by atoms with Crippen molar-refractivity contribution in [2.75, 3.05) is 13.2 Å². The van der Waals surface area contributed by atoms with E-state index in [9.17, 15) is 8.78 Å². The second kappa shape index (κ2) is 14.7. The minimum atomic E-state index is -1.03. The van der Waals surface area contributed by atoms with E-state index in [1.165, 1.54) is 31.4 Å². The first kappa shape index (κ1) is 30.1. The number of ether oxygens (including phenoxy) is 2. The lowest BCUT2D eigenvalue weighted by molar-refractivity contribution is -0.0214. The molecule has 2 atom stereocenters. The number of rotatable bonds is 13. The maximum absolute atomic E-state index is 15.1. The average molecular weight is 557 g/mol. The Hall–Kier alpha value is -2.86. The van der Waals surface area contributed by atoms with Crippen LogP contribution in [0.3, 0.4) is 0 Å². The van der Waals surface area contributed by atoms with Crippen LogP contribution in [0.15, 0.2) is 48.5 Å². The van der Waals surface area contributed by atoms with Crippen LogP contribution in [0.25, 0.3) is 22.3 Å². The summed E-state index contributed by atoms with van der Waals surface area (Å²) in [6, 6.07) is 12.4. The van der Waals surface area contributed by atoms with Crippen LogP contribution in [0, 0.1) is 29.2 Å². The summed E-state index contributed by atoms with van der Waals surface area (Å²) in [4.78, 5) is 0. The molecule has 0 aromatic heterocycles. The fourth-order valence-electron chi connectivity index (χ4n) is 5.48. The van der Waals surface area contributed by atoms with Crippen LogP contribution in [0.5, 0.6) is 5.75 Å². The van der Waals surface area contributed by atoms with Gasteiger partial charge in [0.25, 0.3) is 0 Å². The highest BCUT2D eigenvalue weighted by atomic mass is 19.2. The number of benzene rings is 3. The number of halogens is 4. The molecule has 1 fully saturated rings. The fourth-order valence-corrected chi connectivity index (χ4v) is 5.48. The normalized spacial score (nSPS) is 17.2. The van der Waals surface area contributed by atoms with Gasteiger partial charge in [-0.25, -0.2) is 13.2 Å². The minimum Gasteiger partial charge on any atom is -0.490 e. The van der Waals surface area contributed by atoms with Crippen molar-refractivity contribution in [1.29, 1.82) is 0 Å². The summed E-state index contributed by atoms with van der Waals surface area (Å²) in [5.41, 5.74) is 1.30. The molecule has 0 N–H and O–H groups in total. The molecule has 40 heavy (non-hydrogen) atoms. The van der Waals surface area contributed by atoms with Gasteiger partial charge < -0.3 is 9.47 Å². The molecule has 1 aliphatic heterocycles. The molecule has 0 bridgehead atoms. The van der Waals surface area contributed by atoms with Gasteiger partial charge in [0.1, 0.15) is 0 Å². The quantitative estimate of drug-likeness (QED) is 0.154. The summed E-state index contributed by atoms with van der Waals surface area (Å²) in [6.45, 7) is 5.19. The van der Waals surface area contributed by atoms with Gasteiger partial charge in [0, 0.05) is 16.7 Å². The van der Waals surface area contributed by atoms with Crippen LogP contribution >= 0.6 is 0 Å². The Labute approximate surface area is 235 Å². The third-order valence-corrected chi connectivity index (χ3v) is 7.84. The number of unbranched alkanes of at least 4 members (excludes halogenated alkanes) is 5. The molecule has 2 unspecified atom stereocenters. The standard InChI is InChI=1S/C34H40F4O2/c1-3-5-6-7-8-9-21-39-30-20-18-27(32(36)34(30)38)25-14-12-24(13-15-25)26-16-17-28(33(37)31(26)35)29-19-11-23(10-4-2)22-40-29/h12-18,20,23,29H,3-11,19,21-22H2,1-2H3. The van der Waals surface area contributed by atoms with Crippen LogP contribution in [0.1, 0.15) is 89.7 Å². The van der Waals surface area contributed by atoms with Gasteiger partial charge in [-0.15, -0.1) is 0 Å². The van der Waals surface area contributed by atoms with Crippen molar-refractivity contribution in [3.8, 4) is 28.0 Å². The van der Waals surface area contributed by atoms with E-state index in [2.05, 4.69) is 13.8 Å². The predicted octanol–water partition coefficient (Wildman–Crippen LogP) is 10.6. The van der Waals surface area contributed by atoms with Crippen molar-refractivity contribution >= 4 is 0 Å². The topological polar surface area (TPSA) is 18.5 Å². The molecular weight excluding hydrogens is 516 g/mol. The van der Waals surface area contributed by atoms with E-state index in [1.807, 2.05) is 0 Å². The first-order chi connectivity index (χ1) is 19.4. The van der Waals surface area contributed by atoms with Crippen molar-refractivity contribution in [2.24, 2.45) is 5.92 Å². The van der Waals surface area contributed by atoms with E-state index in [0.717, 1.165) is 38.5 Å². The molecule has 2 nitrogen and oxygen atoms in total. The second-order valence-electron chi connectivity index (χ2n) is 10.8. The molecule has 1 heterocycles. The Balaban J connectivity index is 1.42. The van der Waals surface area contributed by atoms with Gasteiger partial charge in [-0.2, -0.15) is 4.39 Å². The summed E-state index contributed by atoms with van der Waals surface area (Å²) in [6.07, 6.45) is 9.76. The highest BCUT2D eigenvalue weighted by Crippen LogP contribution is 2.37. The zero-order valence-corrected chi connectivity index (χ0v) is 23.6. The summed E-state index contributed by atoms with van der Waals surface area (Å²) >= 11 is 0. The highest BCUT2D eigenvalue weighted by molar-refractivity contribution is 5.71. The Bertz CT molecular complexity index is 1230. The van der Waals surface area contributed by atoms with Crippen molar-refractivity contribution in [2.45, 2.75) is 84.2 Å². The molecule has 0 saturated carbocycles. The van der Waals surface area contributed by atoms with Gasteiger partial charge in [0.15, 0.2) is 23.2 Å². The van der Waals surface area contributed by atoms with Gasteiger partial charge >= 0.3 is 0 Å². The predicted molar refractivity (Wildman–Crippen MR) is 152 cm³/mol. The molecule has 4 rings (SSSR count). The van der Waals surface area contributed by atoms with Crippen LogP contribution in [-0.4, -0.2) is 13.2 Å². The molecule has 0 amide bonds. The number of hydrogen-bond acceptors (Lipinski definition) is 2. The molecule has 0 aliphatic carbocycles. The molecular formula is C34H40F4O2. The zero-order chi connectivity index (χ0) is 28.5. The zero-order valence-electron chi connectivity index (χ0n) is 23.6. The van der Waals surface area contributed by atoms with E-state index in [-0.39, 0.29) is 22.4 Å². The Morgan fingerprint density at radius 1 is 0.675 bits per heavy atom. The molecule has 216 valence electrons. The maximum Gasteiger partial charge on any atom is 0.201 e. The van der Waals surface area contributed by atoms with Gasteiger partial charge in [0.2, 0.25) is 5.82 Å². The first-order valence-corrected chi connectivity index (χ1v) is 14.8. The van der Waals surface area contributed by atoms with Crippen LogP contribution in [-0.2, 0) is 4.74 Å². The van der Waals surface area contributed by atoms with E-state index in [4.69, 9.17) is 9.47 Å². The van der Waals surface area contributed by atoms with E-state index in [0.29, 0.717) is 36.7 Å². The molecule has 1 saturated heterocycles. The smallest absolute Gasteiger partial charge is 0.201 e. The average Bonchev–Trinajstić information content (AvgIpc) is 2.97.